The van der Waals surface area contributed by atoms with Gasteiger partial charge in [-0.3, -0.25) is 9.52 Å². The van der Waals surface area contributed by atoms with Crippen LogP contribution in [0.2, 0.25) is 0 Å². The van der Waals surface area contributed by atoms with E-state index in [0.29, 0.717) is 36.9 Å². The van der Waals surface area contributed by atoms with Gasteiger partial charge in [0.25, 0.3) is 10.0 Å². The van der Waals surface area contributed by atoms with E-state index in [1.165, 1.54) is 6.07 Å². The molecule has 1 aromatic carbocycles. The Morgan fingerprint density at radius 3 is 2.77 bits per heavy atom. The summed E-state index contributed by atoms with van der Waals surface area (Å²) in [7, 11) is -3.77. The van der Waals surface area contributed by atoms with Crippen molar-refractivity contribution >= 4 is 48.3 Å². The molecule has 2 aromatic rings. The number of rotatable bonds is 5. The van der Waals surface area contributed by atoms with E-state index < -0.39 is 10.0 Å². The molecule has 11 heteroatoms. The van der Waals surface area contributed by atoms with Crippen LogP contribution in [0.25, 0.3) is 0 Å². The van der Waals surface area contributed by atoms with Gasteiger partial charge in [-0.25, -0.2) is 8.42 Å². The van der Waals surface area contributed by atoms with E-state index >= 15 is 0 Å². The smallest absolute Gasteiger partial charge is 0.263 e. The van der Waals surface area contributed by atoms with Crippen LogP contribution in [0.3, 0.4) is 0 Å². The molecular formula is C15H17BrN4O4S2. The minimum atomic E-state index is -3.77. The first-order valence-electron chi connectivity index (χ1n) is 7.82. The van der Waals surface area contributed by atoms with Gasteiger partial charge in [0.2, 0.25) is 11.0 Å². The number of aryl methyl sites for hydroxylation is 1. The molecule has 0 spiro atoms. The molecule has 0 bridgehead atoms. The van der Waals surface area contributed by atoms with Crippen molar-refractivity contribution in [3.05, 3.63) is 33.2 Å². The van der Waals surface area contributed by atoms with Crippen molar-refractivity contribution in [3.63, 3.8) is 0 Å². The van der Waals surface area contributed by atoms with Crippen LogP contribution in [-0.2, 0) is 26.0 Å². The number of carbonyl (C=O) groups is 1. The van der Waals surface area contributed by atoms with Crippen molar-refractivity contribution in [1.82, 2.24) is 15.1 Å². The quantitative estimate of drug-likeness (QED) is 0.729. The van der Waals surface area contributed by atoms with Crippen molar-refractivity contribution in [2.24, 2.45) is 0 Å². The summed E-state index contributed by atoms with van der Waals surface area (Å²) in [6, 6.07) is 4.90. The van der Waals surface area contributed by atoms with E-state index in [2.05, 4.69) is 30.8 Å². The number of hydrogen-bond donors (Lipinski definition) is 1. The van der Waals surface area contributed by atoms with Crippen LogP contribution in [0, 0.1) is 6.92 Å². The molecule has 0 radical (unpaired) electrons. The summed E-state index contributed by atoms with van der Waals surface area (Å²) < 4.78 is 33.5. The Labute approximate surface area is 163 Å². The third-order valence-corrected chi connectivity index (χ3v) is 6.74. The number of aromatic nitrogens is 2. The Morgan fingerprint density at radius 2 is 2.08 bits per heavy atom. The number of benzene rings is 1. The second-order valence-corrected chi connectivity index (χ2v) is 9.31. The standard InChI is InChI=1S/C15H17BrN4O4S2/c1-10-8-11(16)2-3-12(10)26(22,23)19-15-18-17-13(25-15)9-14(21)20-4-6-24-7-5-20/h2-3,8H,4-7,9H2,1H3,(H,18,19). The maximum Gasteiger partial charge on any atom is 0.263 e. The van der Waals surface area contributed by atoms with E-state index in [1.807, 2.05) is 0 Å². The zero-order valence-electron chi connectivity index (χ0n) is 13.9. The van der Waals surface area contributed by atoms with E-state index in [0.717, 1.165) is 15.8 Å². The lowest BCUT2D eigenvalue weighted by Gasteiger charge is -2.26. The van der Waals surface area contributed by atoms with E-state index in [9.17, 15) is 13.2 Å². The molecule has 26 heavy (non-hydrogen) atoms. The second kappa shape index (κ2) is 7.99. The lowest BCUT2D eigenvalue weighted by atomic mass is 10.2. The van der Waals surface area contributed by atoms with Gasteiger partial charge < -0.3 is 9.64 Å². The van der Waals surface area contributed by atoms with E-state index in [-0.39, 0.29) is 22.4 Å². The molecule has 1 aliphatic heterocycles. The van der Waals surface area contributed by atoms with Gasteiger partial charge in [-0.1, -0.05) is 27.3 Å². The number of hydrogen-bond acceptors (Lipinski definition) is 7. The Hall–Kier alpha value is -1.56. The zero-order chi connectivity index (χ0) is 18.7. The molecule has 0 unspecified atom stereocenters. The molecule has 1 saturated heterocycles. The summed E-state index contributed by atoms with van der Waals surface area (Å²) in [6.45, 7) is 3.88. The SMILES string of the molecule is Cc1cc(Br)ccc1S(=O)(=O)Nc1nnc(CC(=O)N2CCOCC2)s1. The number of ether oxygens (including phenoxy) is 1. The van der Waals surface area contributed by atoms with Gasteiger partial charge in [0.15, 0.2) is 0 Å². The lowest BCUT2D eigenvalue weighted by Crippen LogP contribution is -2.41. The Kier molecular flexibility index (Phi) is 5.90. The average Bonchev–Trinajstić information content (AvgIpc) is 3.01. The number of nitrogens with zero attached hydrogens (tertiary/aromatic N) is 3. The summed E-state index contributed by atoms with van der Waals surface area (Å²) in [6.07, 6.45) is 0.0940. The Morgan fingerprint density at radius 1 is 1.35 bits per heavy atom. The van der Waals surface area contributed by atoms with Crippen LogP contribution in [0.1, 0.15) is 10.6 Å². The minimum absolute atomic E-state index is 0.0670. The number of amides is 1. The minimum Gasteiger partial charge on any atom is -0.378 e. The molecule has 3 rings (SSSR count). The monoisotopic (exact) mass is 460 g/mol. The summed E-state index contributed by atoms with van der Waals surface area (Å²) in [5, 5.41) is 8.37. The molecule has 1 aliphatic rings. The number of anilines is 1. The van der Waals surface area contributed by atoms with Gasteiger partial charge in [0.05, 0.1) is 24.5 Å². The molecule has 1 N–H and O–H groups in total. The maximum absolute atomic E-state index is 12.5. The zero-order valence-corrected chi connectivity index (χ0v) is 17.2. The van der Waals surface area contributed by atoms with E-state index in [4.69, 9.17) is 4.74 Å². The second-order valence-electron chi connectivity index (χ2n) is 5.69. The fourth-order valence-electron chi connectivity index (χ4n) is 2.50. The fourth-order valence-corrected chi connectivity index (χ4v) is 5.17. The summed E-state index contributed by atoms with van der Waals surface area (Å²) in [4.78, 5) is 14.1. The first-order valence-corrected chi connectivity index (χ1v) is 10.9. The van der Waals surface area contributed by atoms with Crippen molar-refractivity contribution in [2.75, 3.05) is 31.0 Å². The molecule has 0 atom stereocenters. The predicted octanol–water partition coefficient (Wildman–Crippen LogP) is 1.81. The average molecular weight is 461 g/mol. The number of nitrogens with one attached hydrogen (secondary N) is 1. The van der Waals surface area contributed by atoms with Crippen LogP contribution in [0.4, 0.5) is 5.13 Å². The first-order chi connectivity index (χ1) is 12.3. The summed E-state index contributed by atoms with van der Waals surface area (Å²) >= 11 is 4.36. The number of carbonyl (C=O) groups excluding carboxylic acids is 1. The highest BCUT2D eigenvalue weighted by molar-refractivity contribution is 9.10. The van der Waals surface area contributed by atoms with E-state index in [1.54, 1.807) is 24.0 Å². The predicted molar refractivity (Wildman–Crippen MR) is 101 cm³/mol. The maximum atomic E-state index is 12.5. The van der Waals surface area contributed by atoms with Gasteiger partial charge in [0.1, 0.15) is 5.01 Å². The van der Waals surface area contributed by atoms with Crippen LogP contribution in [0.15, 0.2) is 27.6 Å². The van der Waals surface area contributed by atoms with Crippen molar-refractivity contribution in [3.8, 4) is 0 Å². The van der Waals surface area contributed by atoms with Crippen LogP contribution < -0.4 is 4.72 Å². The van der Waals surface area contributed by atoms with Gasteiger partial charge in [0, 0.05) is 17.6 Å². The molecule has 0 saturated carbocycles. The van der Waals surface area contributed by atoms with Crippen LogP contribution in [-0.4, -0.2) is 55.7 Å². The topological polar surface area (TPSA) is 101 Å². The lowest BCUT2D eigenvalue weighted by molar-refractivity contribution is -0.134. The highest BCUT2D eigenvalue weighted by Gasteiger charge is 2.22. The van der Waals surface area contributed by atoms with Crippen LogP contribution >= 0.6 is 27.3 Å². The van der Waals surface area contributed by atoms with Gasteiger partial charge in [-0.05, 0) is 30.7 Å². The van der Waals surface area contributed by atoms with Crippen LogP contribution in [0.5, 0.6) is 0 Å². The molecule has 0 aliphatic carbocycles. The third-order valence-electron chi connectivity index (χ3n) is 3.78. The van der Waals surface area contributed by atoms with Gasteiger partial charge in [-0.15, -0.1) is 10.2 Å². The summed E-state index contributed by atoms with van der Waals surface area (Å²) in [5.41, 5.74) is 0.610. The highest BCUT2D eigenvalue weighted by atomic mass is 79.9. The molecule has 1 amide bonds. The molecular weight excluding hydrogens is 444 g/mol. The normalized spacial score (nSPS) is 15.1. The number of halogens is 1. The molecule has 1 aromatic heterocycles. The number of sulfonamides is 1. The third kappa shape index (κ3) is 4.58. The first kappa shape index (κ1) is 19.2. The fraction of sp³-hybridized carbons (Fsp3) is 0.400. The molecule has 140 valence electrons. The van der Waals surface area contributed by atoms with Gasteiger partial charge >= 0.3 is 0 Å². The van der Waals surface area contributed by atoms with Crippen molar-refractivity contribution in [2.45, 2.75) is 18.2 Å². The highest BCUT2D eigenvalue weighted by Crippen LogP contribution is 2.24. The summed E-state index contributed by atoms with van der Waals surface area (Å²) in [5.74, 6) is -0.0670. The van der Waals surface area contributed by atoms with Crippen molar-refractivity contribution < 1.29 is 17.9 Å². The molecule has 2 heterocycles. The van der Waals surface area contributed by atoms with Crippen molar-refractivity contribution in [1.29, 1.82) is 0 Å². The number of morpholine rings is 1. The molecule has 1 fully saturated rings. The van der Waals surface area contributed by atoms with Gasteiger partial charge in [-0.2, -0.15) is 0 Å². The molecule has 8 nitrogen and oxygen atoms in total. The Balaban J connectivity index is 1.68. The largest absolute Gasteiger partial charge is 0.378 e. The Bertz CT molecular complexity index is 910.